The fraction of sp³-hybridized carbons (Fsp3) is 0.125. The van der Waals surface area contributed by atoms with Gasteiger partial charge in [-0.15, -0.1) is 11.3 Å². The van der Waals surface area contributed by atoms with Gasteiger partial charge in [-0.25, -0.2) is 4.79 Å². The molecule has 8 heteroatoms. The molecular weight excluding hydrogens is 448 g/mol. The maximum absolute atomic E-state index is 12.5. The maximum atomic E-state index is 12.5. The van der Waals surface area contributed by atoms with E-state index in [1.165, 1.54) is 17.5 Å². The van der Waals surface area contributed by atoms with Gasteiger partial charge in [-0.3, -0.25) is 9.78 Å². The van der Waals surface area contributed by atoms with Gasteiger partial charge in [0.05, 0.1) is 27.5 Å². The second kappa shape index (κ2) is 9.80. The van der Waals surface area contributed by atoms with Crippen molar-refractivity contribution in [1.29, 1.82) is 0 Å². The fourth-order valence-electron chi connectivity index (χ4n) is 3.13. The Labute approximate surface area is 193 Å². The quantitative estimate of drug-likeness (QED) is 0.340. The number of nitrogens with zero attached hydrogens (tertiary/aromatic N) is 1. The van der Waals surface area contributed by atoms with Crippen molar-refractivity contribution in [2.45, 2.75) is 13.5 Å². The van der Waals surface area contributed by atoms with E-state index in [0.717, 1.165) is 15.6 Å². The second-order valence-electron chi connectivity index (χ2n) is 6.80. The first-order chi connectivity index (χ1) is 15.6. The Balaban J connectivity index is 1.47. The van der Waals surface area contributed by atoms with Crippen LogP contribution >= 0.6 is 22.9 Å². The van der Waals surface area contributed by atoms with Gasteiger partial charge in [-0.05, 0) is 36.6 Å². The Bertz CT molecular complexity index is 1290. The normalized spacial score (nSPS) is 10.7. The highest BCUT2D eigenvalue weighted by atomic mass is 35.5. The SMILES string of the molecule is CCOC(=O)c1cncc2c(COc3cccc(NC(=O)c4ccccc4Cl)c3)csc12. The van der Waals surface area contributed by atoms with Gasteiger partial charge < -0.3 is 14.8 Å². The van der Waals surface area contributed by atoms with Crippen molar-refractivity contribution in [1.82, 2.24) is 4.98 Å². The van der Waals surface area contributed by atoms with Gasteiger partial charge in [0, 0.05) is 35.1 Å². The van der Waals surface area contributed by atoms with Gasteiger partial charge in [-0.2, -0.15) is 0 Å². The summed E-state index contributed by atoms with van der Waals surface area (Å²) in [5, 5.41) is 6.01. The van der Waals surface area contributed by atoms with E-state index in [-0.39, 0.29) is 18.5 Å². The van der Waals surface area contributed by atoms with Gasteiger partial charge in [0.1, 0.15) is 12.4 Å². The molecule has 0 atom stereocenters. The summed E-state index contributed by atoms with van der Waals surface area (Å²) in [6, 6.07) is 14.0. The van der Waals surface area contributed by atoms with Gasteiger partial charge in [-0.1, -0.05) is 29.8 Å². The monoisotopic (exact) mass is 466 g/mol. The van der Waals surface area contributed by atoms with Crippen molar-refractivity contribution < 1.29 is 19.1 Å². The summed E-state index contributed by atoms with van der Waals surface area (Å²) < 4.78 is 11.9. The number of thiophene rings is 1. The van der Waals surface area contributed by atoms with E-state index in [4.69, 9.17) is 21.1 Å². The molecule has 0 saturated heterocycles. The number of pyridine rings is 1. The Morgan fingerprint density at radius 1 is 1.09 bits per heavy atom. The average molecular weight is 467 g/mol. The van der Waals surface area contributed by atoms with Gasteiger partial charge in [0.2, 0.25) is 0 Å². The van der Waals surface area contributed by atoms with E-state index >= 15 is 0 Å². The first kappa shape index (κ1) is 21.8. The lowest BCUT2D eigenvalue weighted by atomic mass is 10.2. The minimum Gasteiger partial charge on any atom is -0.489 e. The average Bonchev–Trinajstić information content (AvgIpc) is 3.21. The number of esters is 1. The predicted octanol–water partition coefficient (Wildman–Crippen LogP) is 5.96. The number of halogens is 1. The molecule has 162 valence electrons. The molecule has 0 aliphatic rings. The lowest BCUT2D eigenvalue weighted by molar-refractivity contribution is 0.0528. The maximum Gasteiger partial charge on any atom is 0.341 e. The van der Waals surface area contributed by atoms with Crippen molar-refractivity contribution in [2.24, 2.45) is 0 Å². The molecule has 1 N–H and O–H groups in total. The molecule has 2 heterocycles. The highest BCUT2D eigenvalue weighted by Crippen LogP contribution is 2.30. The molecule has 4 rings (SSSR count). The van der Waals surface area contributed by atoms with Crippen molar-refractivity contribution in [3.63, 3.8) is 0 Å². The number of benzene rings is 2. The molecule has 0 unspecified atom stereocenters. The molecule has 0 aliphatic carbocycles. The topological polar surface area (TPSA) is 77.5 Å². The zero-order valence-corrected chi connectivity index (χ0v) is 18.7. The van der Waals surface area contributed by atoms with E-state index in [0.29, 0.717) is 34.2 Å². The molecule has 4 aromatic rings. The summed E-state index contributed by atoms with van der Waals surface area (Å²) in [6.07, 6.45) is 3.24. The third-order valence-corrected chi connectivity index (χ3v) is 6.07. The first-order valence-electron chi connectivity index (χ1n) is 9.86. The largest absolute Gasteiger partial charge is 0.489 e. The number of amides is 1. The summed E-state index contributed by atoms with van der Waals surface area (Å²) in [6.45, 7) is 2.36. The Hall–Kier alpha value is -3.42. The molecule has 0 spiro atoms. The van der Waals surface area contributed by atoms with Crippen LogP contribution in [-0.4, -0.2) is 23.5 Å². The Morgan fingerprint density at radius 2 is 1.94 bits per heavy atom. The number of anilines is 1. The lowest BCUT2D eigenvalue weighted by Crippen LogP contribution is -2.12. The number of hydrogen-bond acceptors (Lipinski definition) is 6. The van der Waals surface area contributed by atoms with Crippen LogP contribution in [0.15, 0.2) is 66.3 Å². The zero-order chi connectivity index (χ0) is 22.5. The van der Waals surface area contributed by atoms with Crippen LogP contribution in [-0.2, 0) is 11.3 Å². The molecule has 2 aromatic carbocycles. The van der Waals surface area contributed by atoms with E-state index in [2.05, 4.69) is 10.3 Å². The molecule has 2 aromatic heterocycles. The van der Waals surface area contributed by atoms with Crippen LogP contribution in [0.25, 0.3) is 10.1 Å². The van der Waals surface area contributed by atoms with Crippen molar-refractivity contribution in [3.05, 3.63) is 88.0 Å². The summed E-state index contributed by atoms with van der Waals surface area (Å²) in [5.74, 6) is -0.0909. The minimum atomic E-state index is -0.387. The van der Waals surface area contributed by atoms with Crippen LogP contribution in [0.2, 0.25) is 5.02 Å². The molecule has 0 fully saturated rings. The Kier molecular flexibility index (Phi) is 6.68. The number of carbonyl (C=O) groups is 2. The third kappa shape index (κ3) is 4.74. The summed E-state index contributed by atoms with van der Waals surface area (Å²) in [4.78, 5) is 28.8. The van der Waals surface area contributed by atoms with E-state index in [1.54, 1.807) is 55.6 Å². The molecule has 1 amide bonds. The smallest absolute Gasteiger partial charge is 0.341 e. The van der Waals surface area contributed by atoms with Crippen LogP contribution < -0.4 is 10.1 Å². The summed E-state index contributed by atoms with van der Waals surface area (Å²) in [7, 11) is 0. The number of carbonyl (C=O) groups excluding carboxylic acids is 2. The summed E-state index contributed by atoms with van der Waals surface area (Å²) in [5.41, 5.74) is 2.35. The van der Waals surface area contributed by atoms with Crippen LogP contribution in [0.3, 0.4) is 0 Å². The predicted molar refractivity (Wildman–Crippen MR) is 126 cm³/mol. The van der Waals surface area contributed by atoms with Gasteiger partial charge >= 0.3 is 5.97 Å². The molecule has 0 saturated carbocycles. The summed E-state index contributed by atoms with van der Waals surface area (Å²) >= 11 is 7.55. The first-order valence-corrected chi connectivity index (χ1v) is 11.1. The molecular formula is C24H19ClN2O4S. The van der Waals surface area contributed by atoms with Crippen molar-refractivity contribution >= 4 is 50.6 Å². The van der Waals surface area contributed by atoms with Crippen LogP contribution in [0.1, 0.15) is 33.2 Å². The highest BCUT2D eigenvalue weighted by Gasteiger charge is 2.16. The van der Waals surface area contributed by atoms with Crippen LogP contribution in [0.4, 0.5) is 5.69 Å². The van der Waals surface area contributed by atoms with Gasteiger partial charge in [0.25, 0.3) is 5.91 Å². The van der Waals surface area contributed by atoms with E-state index in [9.17, 15) is 9.59 Å². The third-order valence-electron chi connectivity index (χ3n) is 4.66. The molecule has 32 heavy (non-hydrogen) atoms. The molecule has 0 bridgehead atoms. The second-order valence-corrected chi connectivity index (χ2v) is 8.08. The number of hydrogen-bond donors (Lipinski definition) is 1. The lowest BCUT2D eigenvalue weighted by Gasteiger charge is -2.10. The number of fused-ring (bicyclic) bond motifs is 1. The van der Waals surface area contributed by atoms with Crippen LogP contribution in [0.5, 0.6) is 5.75 Å². The Morgan fingerprint density at radius 3 is 2.75 bits per heavy atom. The van der Waals surface area contributed by atoms with Crippen molar-refractivity contribution in [3.8, 4) is 5.75 Å². The minimum absolute atomic E-state index is 0.288. The van der Waals surface area contributed by atoms with E-state index in [1.807, 2.05) is 11.4 Å². The zero-order valence-electron chi connectivity index (χ0n) is 17.1. The van der Waals surface area contributed by atoms with Crippen molar-refractivity contribution in [2.75, 3.05) is 11.9 Å². The van der Waals surface area contributed by atoms with E-state index < -0.39 is 0 Å². The number of nitrogens with one attached hydrogen (secondary N) is 1. The molecule has 6 nitrogen and oxygen atoms in total. The van der Waals surface area contributed by atoms with Crippen LogP contribution in [0, 0.1) is 0 Å². The molecule has 0 aliphatic heterocycles. The fourth-order valence-corrected chi connectivity index (χ4v) is 4.38. The standard InChI is InChI=1S/C24H19ClN2O4S/c1-2-30-24(29)20-12-26-11-19-15(14-32-22(19)20)13-31-17-7-5-6-16(10-17)27-23(28)18-8-3-4-9-21(18)25/h3-12,14H,2,13H2,1H3,(H,27,28). The number of aromatic nitrogens is 1. The van der Waals surface area contributed by atoms with Gasteiger partial charge in [0.15, 0.2) is 0 Å². The highest BCUT2D eigenvalue weighted by molar-refractivity contribution is 7.17. The number of rotatable bonds is 7. The number of ether oxygens (including phenoxy) is 2. The molecule has 0 radical (unpaired) electrons.